The van der Waals surface area contributed by atoms with E-state index in [1.165, 1.54) is 4.90 Å². The minimum absolute atomic E-state index is 0.0977. The van der Waals surface area contributed by atoms with Crippen molar-refractivity contribution in [2.24, 2.45) is 11.8 Å². The van der Waals surface area contributed by atoms with Crippen LogP contribution in [0.2, 0.25) is 0 Å². The molecule has 0 aromatic heterocycles. The van der Waals surface area contributed by atoms with Crippen LogP contribution in [-0.4, -0.2) is 11.8 Å². The van der Waals surface area contributed by atoms with E-state index in [-0.39, 0.29) is 23.7 Å². The van der Waals surface area contributed by atoms with Crippen molar-refractivity contribution in [2.75, 3.05) is 4.90 Å². The molecular formula is C12H12INO2. The van der Waals surface area contributed by atoms with Crippen molar-refractivity contribution in [3.05, 3.63) is 27.8 Å². The fourth-order valence-electron chi connectivity index (χ4n) is 1.81. The van der Waals surface area contributed by atoms with Crippen LogP contribution in [0.25, 0.3) is 0 Å². The molecule has 4 heteroatoms. The maximum absolute atomic E-state index is 11.9. The Balaban J connectivity index is 2.42. The number of benzene rings is 1. The molecule has 2 rings (SSSR count). The molecule has 2 amide bonds. The molecule has 0 radical (unpaired) electrons. The van der Waals surface area contributed by atoms with Crippen molar-refractivity contribution in [3.8, 4) is 0 Å². The molecule has 84 valence electrons. The Morgan fingerprint density at radius 3 is 2.19 bits per heavy atom. The third kappa shape index (κ3) is 1.75. The number of carbonyl (C=O) groups excluding carboxylic acids is 2. The maximum atomic E-state index is 11.9. The summed E-state index contributed by atoms with van der Waals surface area (Å²) in [5, 5.41) is 0. The van der Waals surface area contributed by atoms with Gasteiger partial charge in [-0.2, -0.15) is 0 Å². The molecule has 3 nitrogen and oxygen atoms in total. The van der Waals surface area contributed by atoms with E-state index in [2.05, 4.69) is 22.6 Å². The summed E-state index contributed by atoms with van der Waals surface area (Å²) >= 11 is 2.17. The third-order valence-corrected chi connectivity index (χ3v) is 3.71. The molecule has 1 aromatic carbocycles. The van der Waals surface area contributed by atoms with E-state index in [9.17, 15) is 9.59 Å². The third-order valence-electron chi connectivity index (χ3n) is 3.04. The lowest BCUT2D eigenvalue weighted by Gasteiger charge is -2.14. The van der Waals surface area contributed by atoms with E-state index < -0.39 is 0 Å². The predicted octanol–water partition coefficient (Wildman–Crippen LogP) is 2.44. The molecule has 1 aromatic rings. The molecule has 0 spiro atoms. The first-order valence-corrected chi connectivity index (χ1v) is 6.23. The standard InChI is InChI=1S/C12H12INO2/c1-7-8(2)12(16)14(11(7)15)10-5-3-4-9(13)6-10/h3-8H,1-2H3. The summed E-state index contributed by atoms with van der Waals surface area (Å²) in [5.41, 5.74) is 0.679. The number of anilines is 1. The number of halogens is 1. The van der Waals surface area contributed by atoms with Crippen LogP contribution < -0.4 is 4.90 Å². The van der Waals surface area contributed by atoms with Crippen molar-refractivity contribution >= 4 is 40.1 Å². The zero-order chi connectivity index (χ0) is 11.9. The van der Waals surface area contributed by atoms with Gasteiger partial charge in [-0.25, -0.2) is 0 Å². The Labute approximate surface area is 108 Å². The first-order chi connectivity index (χ1) is 7.52. The smallest absolute Gasteiger partial charge is 0.237 e. The van der Waals surface area contributed by atoms with Crippen LogP contribution in [0.3, 0.4) is 0 Å². The van der Waals surface area contributed by atoms with Crippen molar-refractivity contribution < 1.29 is 9.59 Å². The molecule has 2 atom stereocenters. The molecule has 16 heavy (non-hydrogen) atoms. The predicted molar refractivity (Wildman–Crippen MR) is 70.0 cm³/mol. The van der Waals surface area contributed by atoms with Gasteiger partial charge in [0.15, 0.2) is 0 Å². The van der Waals surface area contributed by atoms with E-state index in [1.54, 1.807) is 19.9 Å². The summed E-state index contributed by atoms with van der Waals surface area (Å²) in [6, 6.07) is 7.43. The summed E-state index contributed by atoms with van der Waals surface area (Å²) in [6.45, 7) is 3.61. The quantitative estimate of drug-likeness (QED) is 0.586. The average molecular weight is 329 g/mol. The molecule has 1 aliphatic rings. The summed E-state index contributed by atoms with van der Waals surface area (Å²) in [4.78, 5) is 25.2. The normalized spacial score (nSPS) is 25.3. The molecule has 1 fully saturated rings. The van der Waals surface area contributed by atoms with Crippen molar-refractivity contribution in [2.45, 2.75) is 13.8 Å². The molecule has 0 saturated carbocycles. The Morgan fingerprint density at radius 1 is 1.12 bits per heavy atom. The van der Waals surface area contributed by atoms with Gasteiger partial charge in [-0.15, -0.1) is 0 Å². The van der Waals surface area contributed by atoms with Gasteiger partial charge in [0, 0.05) is 15.4 Å². The summed E-state index contributed by atoms with van der Waals surface area (Å²) in [5.74, 6) is -0.630. The monoisotopic (exact) mass is 329 g/mol. The van der Waals surface area contributed by atoms with E-state index in [0.717, 1.165) is 3.57 Å². The molecule has 0 N–H and O–H groups in total. The second-order valence-corrected chi connectivity index (χ2v) is 5.31. The second-order valence-electron chi connectivity index (χ2n) is 4.07. The maximum Gasteiger partial charge on any atom is 0.237 e. The van der Waals surface area contributed by atoms with Gasteiger partial charge >= 0.3 is 0 Å². The highest BCUT2D eigenvalue weighted by Crippen LogP contribution is 2.30. The van der Waals surface area contributed by atoms with Crippen LogP contribution in [0.5, 0.6) is 0 Å². The lowest BCUT2D eigenvalue weighted by atomic mass is 10.00. The SMILES string of the molecule is CC1C(=O)N(c2cccc(I)c2)C(=O)C1C. The average Bonchev–Trinajstić information content (AvgIpc) is 2.44. The second kappa shape index (κ2) is 4.16. The largest absolute Gasteiger partial charge is 0.274 e. The minimum Gasteiger partial charge on any atom is -0.274 e. The number of imide groups is 1. The van der Waals surface area contributed by atoms with E-state index >= 15 is 0 Å². The molecule has 0 aliphatic carbocycles. The van der Waals surface area contributed by atoms with Gasteiger partial charge in [0.05, 0.1) is 5.69 Å². The first-order valence-electron chi connectivity index (χ1n) is 5.15. The zero-order valence-electron chi connectivity index (χ0n) is 9.11. The first kappa shape index (κ1) is 11.6. The lowest BCUT2D eigenvalue weighted by Crippen LogP contribution is -2.30. The van der Waals surface area contributed by atoms with Gasteiger partial charge in [0.25, 0.3) is 0 Å². The molecular weight excluding hydrogens is 317 g/mol. The minimum atomic E-state index is -0.217. The van der Waals surface area contributed by atoms with Crippen LogP contribution in [-0.2, 0) is 9.59 Å². The summed E-state index contributed by atoms with van der Waals surface area (Å²) in [6.07, 6.45) is 0. The highest BCUT2D eigenvalue weighted by atomic mass is 127. The van der Waals surface area contributed by atoms with Crippen LogP contribution in [0, 0.1) is 15.4 Å². The van der Waals surface area contributed by atoms with Gasteiger partial charge in [0.2, 0.25) is 11.8 Å². The lowest BCUT2D eigenvalue weighted by molar-refractivity contribution is -0.122. The van der Waals surface area contributed by atoms with Gasteiger partial charge in [-0.05, 0) is 40.8 Å². The Morgan fingerprint density at radius 2 is 1.69 bits per heavy atom. The van der Waals surface area contributed by atoms with Gasteiger partial charge in [-0.1, -0.05) is 19.9 Å². The van der Waals surface area contributed by atoms with Crippen LogP contribution in [0.1, 0.15) is 13.8 Å². The van der Waals surface area contributed by atoms with E-state index in [0.29, 0.717) is 5.69 Å². The van der Waals surface area contributed by atoms with Crippen molar-refractivity contribution in [1.29, 1.82) is 0 Å². The van der Waals surface area contributed by atoms with Crippen LogP contribution >= 0.6 is 22.6 Å². The van der Waals surface area contributed by atoms with Crippen molar-refractivity contribution in [1.82, 2.24) is 0 Å². The highest BCUT2D eigenvalue weighted by molar-refractivity contribution is 14.1. The Kier molecular flexibility index (Phi) is 3.01. The Bertz CT molecular complexity index is 438. The number of amides is 2. The zero-order valence-corrected chi connectivity index (χ0v) is 11.3. The van der Waals surface area contributed by atoms with Crippen LogP contribution in [0.4, 0.5) is 5.69 Å². The van der Waals surface area contributed by atoms with Crippen molar-refractivity contribution in [3.63, 3.8) is 0 Å². The van der Waals surface area contributed by atoms with E-state index in [4.69, 9.17) is 0 Å². The Hall–Kier alpha value is -0.910. The van der Waals surface area contributed by atoms with Gasteiger partial charge in [0.1, 0.15) is 0 Å². The molecule has 1 saturated heterocycles. The number of rotatable bonds is 1. The number of carbonyl (C=O) groups is 2. The number of hydrogen-bond donors (Lipinski definition) is 0. The van der Waals surface area contributed by atoms with E-state index in [1.807, 2.05) is 18.2 Å². The molecule has 1 heterocycles. The molecule has 1 aliphatic heterocycles. The van der Waals surface area contributed by atoms with Crippen LogP contribution in [0.15, 0.2) is 24.3 Å². The fourth-order valence-corrected chi connectivity index (χ4v) is 2.34. The summed E-state index contributed by atoms with van der Waals surface area (Å²) in [7, 11) is 0. The molecule has 0 bridgehead atoms. The molecule has 2 unspecified atom stereocenters. The fraction of sp³-hybridized carbons (Fsp3) is 0.333. The number of nitrogens with zero attached hydrogens (tertiary/aromatic N) is 1. The van der Waals surface area contributed by atoms with Gasteiger partial charge in [-0.3, -0.25) is 14.5 Å². The van der Waals surface area contributed by atoms with Gasteiger partial charge < -0.3 is 0 Å². The highest BCUT2D eigenvalue weighted by Gasteiger charge is 2.42. The topological polar surface area (TPSA) is 37.4 Å². The number of hydrogen-bond acceptors (Lipinski definition) is 2. The summed E-state index contributed by atoms with van der Waals surface area (Å²) < 4.78 is 1.02.